The van der Waals surface area contributed by atoms with Crippen LogP contribution in [0.5, 0.6) is 0 Å². The van der Waals surface area contributed by atoms with E-state index in [1.165, 1.54) is 18.2 Å². The van der Waals surface area contributed by atoms with Crippen molar-refractivity contribution in [3.8, 4) is 0 Å². The third-order valence-corrected chi connectivity index (χ3v) is 7.88. The van der Waals surface area contributed by atoms with Gasteiger partial charge in [0.25, 0.3) is 0 Å². The van der Waals surface area contributed by atoms with E-state index in [4.69, 9.17) is 0 Å². The van der Waals surface area contributed by atoms with E-state index in [0.717, 1.165) is 25.0 Å². The Bertz CT molecular complexity index is 1210. The Hall–Kier alpha value is -2.89. The van der Waals surface area contributed by atoms with E-state index in [0.29, 0.717) is 36.6 Å². The van der Waals surface area contributed by atoms with Gasteiger partial charge in [0.2, 0.25) is 15.9 Å². The summed E-state index contributed by atoms with van der Waals surface area (Å²) in [5.74, 6) is -1.55. The summed E-state index contributed by atoms with van der Waals surface area (Å²) in [6.45, 7) is 6.43. The zero-order valence-corrected chi connectivity index (χ0v) is 21.8. The summed E-state index contributed by atoms with van der Waals surface area (Å²) < 4.78 is 80.5. The van der Waals surface area contributed by atoms with Gasteiger partial charge in [0.15, 0.2) is 0 Å². The summed E-state index contributed by atoms with van der Waals surface area (Å²) >= 11 is 0. The number of aromatic nitrogens is 1. The average molecular weight is 545 g/mol. The highest BCUT2D eigenvalue weighted by molar-refractivity contribution is 7.92. The Balaban J connectivity index is 1.73. The summed E-state index contributed by atoms with van der Waals surface area (Å²) in [5.41, 5.74) is -0.421. The number of anilines is 2. The lowest BCUT2D eigenvalue weighted by Gasteiger charge is -2.33. The molecular formula is C25H32F4N4O3S. The normalized spacial score (nSPS) is 15.9. The molecule has 0 spiro atoms. The Labute approximate surface area is 214 Å². The highest BCUT2D eigenvalue weighted by Gasteiger charge is 2.34. The van der Waals surface area contributed by atoms with Gasteiger partial charge in [-0.05, 0) is 55.9 Å². The molecule has 2 heterocycles. The fraction of sp³-hybridized carbons (Fsp3) is 0.520. The molecule has 1 saturated heterocycles. The second-order valence-electron chi connectivity index (χ2n) is 9.45. The summed E-state index contributed by atoms with van der Waals surface area (Å²) in [7, 11) is -3.67. The van der Waals surface area contributed by atoms with Gasteiger partial charge in [-0.3, -0.25) is 9.52 Å². The van der Waals surface area contributed by atoms with Crippen LogP contribution in [0.4, 0.5) is 29.1 Å². The maximum atomic E-state index is 14.6. The highest BCUT2D eigenvalue weighted by atomic mass is 32.2. The predicted octanol–water partition coefficient (Wildman–Crippen LogP) is 5.05. The number of rotatable bonds is 9. The molecule has 37 heavy (non-hydrogen) atoms. The smallest absolute Gasteiger partial charge is 0.356 e. The molecule has 204 valence electrons. The highest BCUT2D eigenvalue weighted by Crippen LogP contribution is 2.32. The minimum Gasteiger partial charge on any atom is -0.356 e. The molecule has 1 aliphatic heterocycles. The van der Waals surface area contributed by atoms with Gasteiger partial charge in [-0.15, -0.1) is 0 Å². The minimum atomic E-state index is -4.59. The maximum absolute atomic E-state index is 14.6. The number of nitrogens with one attached hydrogen (secondary N) is 2. The van der Waals surface area contributed by atoms with E-state index in [1.54, 1.807) is 13.8 Å². The second-order valence-corrected chi connectivity index (χ2v) is 11.3. The number of hydrogen-bond donors (Lipinski definition) is 2. The van der Waals surface area contributed by atoms with Crippen molar-refractivity contribution in [3.63, 3.8) is 0 Å². The van der Waals surface area contributed by atoms with Gasteiger partial charge in [0, 0.05) is 25.2 Å². The summed E-state index contributed by atoms with van der Waals surface area (Å²) in [4.78, 5) is 18.5. The van der Waals surface area contributed by atoms with Crippen LogP contribution in [0.15, 0.2) is 30.3 Å². The van der Waals surface area contributed by atoms with Crippen molar-refractivity contribution in [3.05, 3.63) is 53.0 Å². The SMILES string of the molecule is CCCS(=O)(=O)Nc1ccc(C(C)C(=O)NCc2ccc(C(F)(F)F)nc2N2CCC(C)CC2)cc1F. The number of benzene rings is 1. The molecule has 2 N–H and O–H groups in total. The Morgan fingerprint density at radius 3 is 2.46 bits per heavy atom. The van der Waals surface area contributed by atoms with Crippen molar-refractivity contribution in [2.75, 3.05) is 28.5 Å². The number of amides is 1. The molecule has 0 radical (unpaired) electrons. The van der Waals surface area contributed by atoms with E-state index < -0.39 is 39.5 Å². The van der Waals surface area contributed by atoms with Gasteiger partial charge >= 0.3 is 6.18 Å². The quantitative estimate of drug-likeness (QED) is 0.432. The van der Waals surface area contributed by atoms with E-state index in [2.05, 4.69) is 21.9 Å². The number of carbonyl (C=O) groups is 1. The molecule has 0 saturated carbocycles. The molecule has 0 bridgehead atoms. The zero-order valence-electron chi connectivity index (χ0n) is 21.0. The van der Waals surface area contributed by atoms with Crippen LogP contribution in [-0.4, -0.2) is 38.2 Å². The lowest BCUT2D eigenvalue weighted by molar-refractivity contribution is -0.141. The maximum Gasteiger partial charge on any atom is 0.433 e. The Kier molecular flexibility index (Phi) is 9.04. The number of piperidine rings is 1. The monoisotopic (exact) mass is 544 g/mol. The van der Waals surface area contributed by atoms with Crippen LogP contribution in [0.25, 0.3) is 0 Å². The number of carbonyl (C=O) groups excluding carboxylic acids is 1. The summed E-state index contributed by atoms with van der Waals surface area (Å²) in [6.07, 6.45) is -2.55. The molecule has 7 nitrogen and oxygen atoms in total. The first-order valence-electron chi connectivity index (χ1n) is 12.2. The molecule has 3 rings (SSSR count). The molecule has 1 aliphatic rings. The largest absolute Gasteiger partial charge is 0.433 e. The van der Waals surface area contributed by atoms with E-state index in [-0.39, 0.29) is 23.8 Å². The fourth-order valence-electron chi connectivity index (χ4n) is 4.12. The Morgan fingerprint density at radius 2 is 1.86 bits per heavy atom. The fourth-order valence-corrected chi connectivity index (χ4v) is 5.26. The average Bonchev–Trinajstić information content (AvgIpc) is 2.83. The van der Waals surface area contributed by atoms with Crippen molar-refractivity contribution >= 4 is 27.4 Å². The first-order chi connectivity index (χ1) is 17.3. The van der Waals surface area contributed by atoms with Crippen molar-refractivity contribution in [1.82, 2.24) is 10.3 Å². The molecule has 1 fully saturated rings. The van der Waals surface area contributed by atoms with Crippen LogP contribution < -0.4 is 14.9 Å². The first-order valence-corrected chi connectivity index (χ1v) is 13.9. The van der Waals surface area contributed by atoms with Crippen LogP contribution in [0.1, 0.15) is 62.8 Å². The van der Waals surface area contributed by atoms with Gasteiger partial charge in [0.1, 0.15) is 17.3 Å². The molecule has 0 aliphatic carbocycles. The van der Waals surface area contributed by atoms with Crippen LogP contribution in [0.3, 0.4) is 0 Å². The first kappa shape index (κ1) is 28.7. The molecule has 1 aromatic heterocycles. The number of sulfonamides is 1. The summed E-state index contributed by atoms with van der Waals surface area (Å²) in [5, 5.41) is 2.71. The van der Waals surface area contributed by atoms with Gasteiger partial charge in [-0.2, -0.15) is 13.2 Å². The predicted molar refractivity (Wildman–Crippen MR) is 134 cm³/mol. The van der Waals surface area contributed by atoms with Crippen molar-refractivity contribution in [2.45, 2.75) is 58.7 Å². The van der Waals surface area contributed by atoms with Gasteiger partial charge < -0.3 is 10.2 Å². The molecule has 1 atom stereocenters. The molecule has 1 aromatic carbocycles. The standard InChI is InChI=1S/C25H32F4N4O3S/c1-4-13-37(35,36)32-21-7-5-18(14-20(21)26)17(3)24(34)30-15-19-6-8-22(25(27,28)29)31-23(19)33-11-9-16(2)10-12-33/h5-8,14,16-17,32H,4,9-13,15H2,1-3H3,(H,30,34). The van der Waals surface area contributed by atoms with Gasteiger partial charge in [-0.1, -0.05) is 26.0 Å². The lowest BCUT2D eigenvalue weighted by Crippen LogP contribution is -2.35. The molecule has 12 heteroatoms. The minimum absolute atomic E-state index is 0.0485. The van der Waals surface area contributed by atoms with Gasteiger partial charge in [-0.25, -0.2) is 17.8 Å². The van der Waals surface area contributed by atoms with Crippen molar-refractivity contribution in [2.24, 2.45) is 5.92 Å². The number of halogens is 4. The topological polar surface area (TPSA) is 91.4 Å². The zero-order chi connectivity index (χ0) is 27.4. The third-order valence-electron chi connectivity index (χ3n) is 6.41. The van der Waals surface area contributed by atoms with Crippen LogP contribution in [0.2, 0.25) is 0 Å². The van der Waals surface area contributed by atoms with E-state index in [1.807, 2.05) is 4.90 Å². The number of hydrogen-bond acceptors (Lipinski definition) is 5. The van der Waals surface area contributed by atoms with Crippen LogP contribution >= 0.6 is 0 Å². The molecule has 1 unspecified atom stereocenters. The van der Waals surface area contributed by atoms with Crippen LogP contribution in [0, 0.1) is 11.7 Å². The van der Waals surface area contributed by atoms with E-state index >= 15 is 0 Å². The molecule has 2 aromatic rings. The van der Waals surface area contributed by atoms with Crippen LogP contribution in [-0.2, 0) is 27.5 Å². The second kappa shape index (κ2) is 11.7. The number of pyridine rings is 1. The van der Waals surface area contributed by atoms with E-state index in [9.17, 15) is 30.8 Å². The number of alkyl halides is 3. The van der Waals surface area contributed by atoms with Gasteiger partial charge in [0.05, 0.1) is 17.4 Å². The number of nitrogens with zero attached hydrogens (tertiary/aromatic N) is 2. The summed E-state index contributed by atoms with van der Waals surface area (Å²) in [6, 6.07) is 6.03. The van der Waals surface area contributed by atoms with Crippen molar-refractivity contribution in [1.29, 1.82) is 0 Å². The molecular weight excluding hydrogens is 512 g/mol. The van der Waals surface area contributed by atoms with Crippen molar-refractivity contribution < 1.29 is 30.8 Å². The Morgan fingerprint density at radius 1 is 1.19 bits per heavy atom. The third kappa shape index (κ3) is 7.56. The molecule has 1 amide bonds. The lowest BCUT2D eigenvalue weighted by atomic mass is 9.98.